The smallest absolute Gasteiger partial charge is 0.228 e. The number of hydrogen-bond acceptors (Lipinski definition) is 2. The summed E-state index contributed by atoms with van der Waals surface area (Å²) >= 11 is 0. The summed E-state index contributed by atoms with van der Waals surface area (Å²) in [6.07, 6.45) is 7.62. The van der Waals surface area contributed by atoms with E-state index in [2.05, 4.69) is 74.0 Å². The van der Waals surface area contributed by atoms with Crippen LogP contribution in [0.1, 0.15) is 78.4 Å². The third-order valence-corrected chi connectivity index (χ3v) is 8.22. The first-order valence-electron chi connectivity index (χ1n) is 13.9. The second-order valence-corrected chi connectivity index (χ2v) is 10.6. The third kappa shape index (κ3) is 4.26. The van der Waals surface area contributed by atoms with E-state index in [4.69, 9.17) is 4.98 Å². The van der Waals surface area contributed by atoms with Crippen molar-refractivity contribution < 1.29 is 0 Å². The van der Waals surface area contributed by atoms with Crippen LogP contribution in [-0.2, 0) is 12.8 Å². The van der Waals surface area contributed by atoms with Crippen molar-refractivity contribution in [3.05, 3.63) is 92.4 Å². The van der Waals surface area contributed by atoms with E-state index in [1.165, 1.54) is 22.3 Å². The average molecular weight is 519 g/mol. The number of aromatic nitrogens is 4. The van der Waals surface area contributed by atoms with Crippen LogP contribution < -0.4 is 5.43 Å². The lowest BCUT2D eigenvalue weighted by Gasteiger charge is -1.99. The number of allylic oxidation sites excluding steroid dienone is 3. The predicted molar refractivity (Wildman–Crippen MR) is 167 cm³/mol. The van der Waals surface area contributed by atoms with Crippen molar-refractivity contribution in [3.63, 3.8) is 0 Å². The van der Waals surface area contributed by atoms with Gasteiger partial charge in [0.1, 0.15) is 5.69 Å². The van der Waals surface area contributed by atoms with Crippen molar-refractivity contribution in [2.45, 2.75) is 67.2 Å². The lowest BCUT2D eigenvalue weighted by molar-refractivity contribution is 0.922. The first-order valence-corrected chi connectivity index (χ1v) is 13.9. The van der Waals surface area contributed by atoms with Crippen LogP contribution in [0.15, 0.2) is 42.2 Å². The minimum atomic E-state index is -0.139. The summed E-state index contributed by atoms with van der Waals surface area (Å²) in [5.74, 6) is 0. The fourth-order valence-electron chi connectivity index (χ4n) is 5.96. The van der Waals surface area contributed by atoms with E-state index in [9.17, 15) is 4.79 Å². The second-order valence-electron chi connectivity index (χ2n) is 10.6. The van der Waals surface area contributed by atoms with Gasteiger partial charge in [0.15, 0.2) is 0 Å². The minimum absolute atomic E-state index is 0.139. The Labute approximate surface area is 229 Å². The van der Waals surface area contributed by atoms with E-state index < -0.39 is 0 Å². The molecule has 0 unspecified atom stereocenters. The number of nitrogens with zero attached hydrogens (tertiary/aromatic N) is 1. The Morgan fingerprint density at radius 1 is 0.744 bits per heavy atom. The molecule has 0 radical (unpaired) electrons. The summed E-state index contributed by atoms with van der Waals surface area (Å²) in [5, 5.41) is 0. The number of H-pyrrole nitrogens is 3. The van der Waals surface area contributed by atoms with Crippen LogP contribution >= 0.6 is 0 Å². The molecule has 0 atom stereocenters. The van der Waals surface area contributed by atoms with Crippen LogP contribution in [0.25, 0.3) is 50.3 Å². The summed E-state index contributed by atoms with van der Waals surface area (Å²) in [4.78, 5) is 29.6. The van der Waals surface area contributed by atoms with Crippen molar-refractivity contribution in [1.82, 2.24) is 19.9 Å². The lowest BCUT2D eigenvalue weighted by atomic mass is 10.0. The zero-order valence-corrected chi connectivity index (χ0v) is 24.0. The normalized spacial score (nSPS) is 12.5. The van der Waals surface area contributed by atoms with Gasteiger partial charge in [0, 0.05) is 38.7 Å². The Kier molecular flexibility index (Phi) is 6.94. The molecule has 8 bridgehead atoms. The molecule has 0 amide bonds. The highest BCUT2D eigenvalue weighted by Gasteiger charge is 2.20. The van der Waals surface area contributed by atoms with Crippen molar-refractivity contribution in [1.29, 1.82) is 0 Å². The Morgan fingerprint density at radius 2 is 1.28 bits per heavy atom. The summed E-state index contributed by atoms with van der Waals surface area (Å²) in [6, 6.07) is 6.45. The minimum Gasteiger partial charge on any atom is -0.355 e. The number of hydrogen-bond donors (Lipinski definition) is 3. The number of nitrogens with one attached hydrogen (secondary N) is 3. The Hall–Kier alpha value is -4.12. The predicted octanol–water partition coefficient (Wildman–Crippen LogP) is 8.48. The van der Waals surface area contributed by atoms with Gasteiger partial charge < -0.3 is 15.0 Å². The number of aromatic amines is 3. The summed E-state index contributed by atoms with van der Waals surface area (Å²) < 4.78 is 0. The van der Waals surface area contributed by atoms with E-state index in [1.807, 2.05) is 13.8 Å². The van der Waals surface area contributed by atoms with Gasteiger partial charge in [-0.25, -0.2) is 4.98 Å². The maximum atomic E-state index is 14.0. The molecule has 1 aliphatic heterocycles. The molecule has 5 nitrogen and oxygen atoms in total. The standard InChI is InChI=1S/C34H38N4O/c1-9-13-24-19(6)26-15-28-18(5)23(12-4)33(37-28)34(39)32-21(8)22(11-3)29(38-32)16-27-20(7)25(14-10-2)31(36-27)17-30(24)35-26/h11-12,15-17,35-37H,3-4,9-10,13-14H2,1-2,5-8H3. The van der Waals surface area contributed by atoms with Crippen LogP contribution in [0.4, 0.5) is 0 Å². The number of fused-ring (bicyclic) bond motifs is 8. The van der Waals surface area contributed by atoms with Crippen LogP contribution in [0.2, 0.25) is 0 Å². The maximum absolute atomic E-state index is 14.0. The van der Waals surface area contributed by atoms with E-state index in [1.54, 1.807) is 12.2 Å². The quantitative estimate of drug-likeness (QED) is 0.239. The van der Waals surface area contributed by atoms with Gasteiger partial charge in [0.05, 0.1) is 11.2 Å². The summed E-state index contributed by atoms with van der Waals surface area (Å²) in [6.45, 7) is 20.8. The molecule has 0 spiro atoms. The third-order valence-electron chi connectivity index (χ3n) is 8.22. The fraction of sp³-hybridized carbons (Fsp3) is 0.294. The van der Waals surface area contributed by atoms with Gasteiger partial charge in [-0.2, -0.15) is 0 Å². The molecule has 5 heterocycles. The molecule has 0 saturated carbocycles. The van der Waals surface area contributed by atoms with Crippen molar-refractivity contribution in [3.8, 4) is 0 Å². The van der Waals surface area contributed by atoms with Crippen molar-refractivity contribution >= 4 is 50.3 Å². The van der Waals surface area contributed by atoms with E-state index in [0.29, 0.717) is 11.2 Å². The molecule has 3 N–H and O–H groups in total. The highest BCUT2D eigenvalue weighted by Crippen LogP contribution is 2.32. The molecule has 5 heteroatoms. The molecular formula is C34H38N4O. The summed E-state index contributed by atoms with van der Waals surface area (Å²) in [5.41, 5.74) is 15.3. The van der Waals surface area contributed by atoms with E-state index >= 15 is 0 Å². The van der Waals surface area contributed by atoms with Gasteiger partial charge in [-0.1, -0.05) is 52.0 Å². The van der Waals surface area contributed by atoms with Crippen LogP contribution in [0.5, 0.6) is 0 Å². The molecule has 4 aromatic heterocycles. The molecule has 0 aliphatic carbocycles. The molecule has 39 heavy (non-hydrogen) atoms. The zero-order valence-electron chi connectivity index (χ0n) is 24.0. The Balaban J connectivity index is 2.07. The van der Waals surface area contributed by atoms with Crippen molar-refractivity contribution in [2.75, 3.05) is 0 Å². The largest absolute Gasteiger partial charge is 0.355 e. The molecule has 0 fully saturated rings. The Morgan fingerprint density at radius 3 is 1.82 bits per heavy atom. The van der Waals surface area contributed by atoms with E-state index in [-0.39, 0.29) is 5.43 Å². The zero-order chi connectivity index (χ0) is 28.0. The average Bonchev–Trinajstić information content (AvgIpc) is 3.59. The van der Waals surface area contributed by atoms with Gasteiger partial charge in [0.2, 0.25) is 5.43 Å². The highest BCUT2D eigenvalue weighted by molar-refractivity contribution is 5.97. The molecule has 5 rings (SSSR count). The molecule has 0 saturated heterocycles. The molecule has 200 valence electrons. The SMILES string of the molecule is C=CC1=C(C)c2nc1cc1[nH]c(cc3[nH]c(cc4[nH]c(c(C=C)c4C)c2=O)c(C)c3CCC)c(CCC)c1C. The van der Waals surface area contributed by atoms with Crippen molar-refractivity contribution in [2.24, 2.45) is 0 Å². The molecule has 4 aromatic rings. The Bertz CT molecular complexity index is 1870. The van der Waals surface area contributed by atoms with Crippen LogP contribution in [0, 0.1) is 20.8 Å². The highest BCUT2D eigenvalue weighted by atomic mass is 16.1. The van der Waals surface area contributed by atoms with Gasteiger partial charge in [0.25, 0.3) is 0 Å². The monoisotopic (exact) mass is 518 g/mol. The van der Waals surface area contributed by atoms with Gasteiger partial charge in [-0.15, -0.1) is 0 Å². The molecule has 0 aromatic carbocycles. The summed E-state index contributed by atoms with van der Waals surface area (Å²) in [7, 11) is 0. The topological polar surface area (TPSA) is 77.3 Å². The lowest BCUT2D eigenvalue weighted by Crippen LogP contribution is -2.07. The van der Waals surface area contributed by atoms with Gasteiger partial charge in [-0.3, -0.25) is 4.79 Å². The molecular weight excluding hydrogens is 480 g/mol. The van der Waals surface area contributed by atoms with Gasteiger partial charge in [-0.05, 0) is 92.1 Å². The molecule has 1 aliphatic rings. The fourth-order valence-corrected chi connectivity index (χ4v) is 5.96. The second kappa shape index (κ2) is 10.2. The van der Waals surface area contributed by atoms with E-state index in [0.717, 1.165) is 81.2 Å². The first kappa shape index (κ1) is 26.5. The first-order chi connectivity index (χ1) is 18.7. The van der Waals surface area contributed by atoms with Gasteiger partial charge >= 0.3 is 0 Å². The van der Waals surface area contributed by atoms with Crippen LogP contribution in [0.3, 0.4) is 0 Å². The number of aryl methyl sites for hydroxylation is 5. The van der Waals surface area contributed by atoms with Crippen LogP contribution in [-0.4, -0.2) is 19.9 Å². The number of rotatable bonds is 6. The maximum Gasteiger partial charge on any atom is 0.228 e.